The third-order valence-corrected chi connectivity index (χ3v) is 5.14. The van der Waals surface area contributed by atoms with Gasteiger partial charge in [0.25, 0.3) is 0 Å². The van der Waals surface area contributed by atoms with Gasteiger partial charge in [0.15, 0.2) is 0 Å². The number of halogens is 2. The van der Waals surface area contributed by atoms with E-state index in [2.05, 4.69) is 24.2 Å². The normalized spacial score (nSPS) is 18.5. The number of likely N-dealkylation sites (tertiary alicyclic amines) is 1. The Balaban J connectivity index is 2.05. The molecule has 1 unspecified atom stereocenters. The van der Waals surface area contributed by atoms with E-state index in [-0.39, 0.29) is 11.8 Å². The number of carbonyl (C=O) groups is 1. The summed E-state index contributed by atoms with van der Waals surface area (Å²) < 4.78 is 0. The summed E-state index contributed by atoms with van der Waals surface area (Å²) in [5.41, 5.74) is 0.598. The van der Waals surface area contributed by atoms with Gasteiger partial charge in [0.1, 0.15) is 0 Å². The molecule has 1 aromatic rings. The highest BCUT2D eigenvalue weighted by Gasteiger charge is 2.29. The first-order valence-corrected chi connectivity index (χ1v) is 8.22. The Morgan fingerprint density at radius 1 is 1.38 bits per heavy atom. The Kier molecular flexibility index (Phi) is 5.91. The molecule has 3 nitrogen and oxygen atoms in total. The molecule has 0 bridgehead atoms. The van der Waals surface area contributed by atoms with E-state index in [4.69, 9.17) is 23.2 Å². The molecule has 1 aliphatic rings. The number of hydrogen-bond acceptors (Lipinski definition) is 2. The summed E-state index contributed by atoms with van der Waals surface area (Å²) in [5, 5.41) is 3.81. The van der Waals surface area contributed by atoms with E-state index in [1.54, 1.807) is 18.2 Å². The van der Waals surface area contributed by atoms with Crippen LogP contribution in [0, 0.1) is 11.8 Å². The zero-order valence-corrected chi connectivity index (χ0v) is 14.0. The SMILES string of the molecule is CCC(C(=O)Nc1cccc(Cl)c1Cl)C1CCN(C)CC1. The van der Waals surface area contributed by atoms with Crippen LogP contribution in [0.3, 0.4) is 0 Å². The first-order chi connectivity index (χ1) is 10.0. The van der Waals surface area contributed by atoms with E-state index >= 15 is 0 Å². The van der Waals surface area contributed by atoms with Crippen molar-refractivity contribution in [1.82, 2.24) is 4.90 Å². The van der Waals surface area contributed by atoms with Gasteiger partial charge in [0.05, 0.1) is 15.7 Å². The first-order valence-electron chi connectivity index (χ1n) is 7.46. The topological polar surface area (TPSA) is 32.3 Å². The number of anilines is 1. The maximum atomic E-state index is 12.6. The predicted molar refractivity (Wildman–Crippen MR) is 89.1 cm³/mol. The highest BCUT2D eigenvalue weighted by atomic mass is 35.5. The van der Waals surface area contributed by atoms with Crippen LogP contribution in [-0.4, -0.2) is 30.9 Å². The second kappa shape index (κ2) is 7.48. The van der Waals surface area contributed by atoms with E-state index in [9.17, 15) is 4.79 Å². The third-order valence-electron chi connectivity index (χ3n) is 4.32. The number of hydrogen-bond donors (Lipinski definition) is 1. The molecule has 1 amide bonds. The van der Waals surface area contributed by atoms with Crippen molar-refractivity contribution in [3.05, 3.63) is 28.2 Å². The fourth-order valence-corrected chi connectivity index (χ4v) is 3.34. The lowest BCUT2D eigenvalue weighted by molar-refractivity contribution is -0.122. The lowest BCUT2D eigenvalue weighted by Gasteiger charge is -2.33. The number of piperidine rings is 1. The third kappa shape index (κ3) is 4.12. The molecule has 0 aliphatic carbocycles. The van der Waals surface area contributed by atoms with E-state index in [1.807, 2.05) is 0 Å². The lowest BCUT2D eigenvalue weighted by Crippen LogP contribution is -2.37. The number of amides is 1. The summed E-state index contributed by atoms with van der Waals surface area (Å²) >= 11 is 12.1. The summed E-state index contributed by atoms with van der Waals surface area (Å²) in [6.45, 7) is 4.20. The summed E-state index contributed by atoms with van der Waals surface area (Å²) in [6, 6.07) is 5.29. The maximum Gasteiger partial charge on any atom is 0.227 e. The lowest BCUT2D eigenvalue weighted by atomic mass is 9.82. The molecular weight excluding hydrogens is 307 g/mol. The number of nitrogens with zero attached hydrogens (tertiary/aromatic N) is 1. The Morgan fingerprint density at radius 3 is 2.67 bits per heavy atom. The molecule has 116 valence electrons. The van der Waals surface area contributed by atoms with Crippen molar-refractivity contribution in [1.29, 1.82) is 0 Å². The monoisotopic (exact) mass is 328 g/mol. The number of benzene rings is 1. The number of carbonyl (C=O) groups excluding carboxylic acids is 1. The predicted octanol–water partition coefficient (Wildman–Crippen LogP) is 4.30. The van der Waals surface area contributed by atoms with Gasteiger partial charge in [-0.3, -0.25) is 4.79 Å². The Labute approximate surface area is 136 Å². The fraction of sp³-hybridized carbons (Fsp3) is 0.562. The molecule has 1 fully saturated rings. The molecule has 1 aromatic carbocycles. The van der Waals surface area contributed by atoms with Crippen LogP contribution in [-0.2, 0) is 4.79 Å². The van der Waals surface area contributed by atoms with Gasteiger partial charge < -0.3 is 10.2 Å². The minimum Gasteiger partial charge on any atom is -0.324 e. The van der Waals surface area contributed by atoms with E-state index in [1.165, 1.54) is 0 Å². The minimum atomic E-state index is 0.0359. The van der Waals surface area contributed by atoms with Crippen LogP contribution in [0.15, 0.2) is 18.2 Å². The van der Waals surface area contributed by atoms with Crippen molar-refractivity contribution in [3.8, 4) is 0 Å². The highest BCUT2D eigenvalue weighted by Crippen LogP contribution is 2.32. The quantitative estimate of drug-likeness (QED) is 0.893. The average molecular weight is 329 g/mol. The van der Waals surface area contributed by atoms with Gasteiger partial charge in [-0.15, -0.1) is 0 Å². The van der Waals surface area contributed by atoms with E-state index in [0.29, 0.717) is 21.7 Å². The standard InChI is InChI=1S/C16H22Cl2N2O/c1-3-12(11-7-9-20(2)10-8-11)16(21)19-14-6-4-5-13(17)15(14)18/h4-6,11-12H,3,7-10H2,1-2H3,(H,19,21). The van der Waals surface area contributed by atoms with Crippen molar-refractivity contribution < 1.29 is 4.79 Å². The molecule has 1 saturated heterocycles. The van der Waals surface area contributed by atoms with E-state index < -0.39 is 0 Å². The molecule has 0 spiro atoms. The summed E-state index contributed by atoms with van der Waals surface area (Å²) in [6.07, 6.45) is 3.00. The molecule has 0 radical (unpaired) electrons. The average Bonchev–Trinajstić information content (AvgIpc) is 2.47. The first kappa shape index (κ1) is 16.6. The maximum absolute atomic E-state index is 12.6. The van der Waals surface area contributed by atoms with Crippen molar-refractivity contribution in [2.45, 2.75) is 26.2 Å². The number of rotatable bonds is 4. The second-order valence-electron chi connectivity index (χ2n) is 5.75. The van der Waals surface area contributed by atoms with Gasteiger partial charge in [-0.1, -0.05) is 36.2 Å². The van der Waals surface area contributed by atoms with Gasteiger partial charge in [0.2, 0.25) is 5.91 Å². The fourth-order valence-electron chi connectivity index (χ4n) is 2.99. The second-order valence-corrected chi connectivity index (χ2v) is 6.53. The largest absolute Gasteiger partial charge is 0.324 e. The van der Waals surface area contributed by atoms with E-state index in [0.717, 1.165) is 32.4 Å². The molecule has 1 atom stereocenters. The highest BCUT2D eigenvalue weighted by molar-refractivity contribution is 6.44. The van der Waals surface area contributed by atoms with Crippen LogP contribution in [0.1, 0.15) is 26.2 Å². The molecular formula is C16H22Cl2N2O. The van der Waals surface area contributed by atoms with Gasteiger partial charge >= 0.3 is 0 Å². The van der Waals surface area contributed by atoms with Crippen molar-refractivity contribution in [2.24, 2.45) is 11.8 Å². The van der Waals surface area contributed by atoms with Crippen LogP contribution in [0.25, 0.3) is 0 Å². The molecule has 1 heterocycles. The van der Waals surface area contributed by atoms with Crippen LogP contribution in [0.2, 0.25) is 10.0 Å². The van der Waals surface area contributed by atoms with Crippen molar-refractivity contribution >= 4 is 34.8 Å². The molecule has 1 N–H and O–H groups in total. The van der Waals surface area contributed by atoms with Crippen LogP contribution >= 0.6 is 23.2 Å². The van der Waals surface area contributed by atoms with Gasteiger partial charge in [-0.2, -0.15) is 0 Å². The Hall–Kier alpha value is -0.770. The summed E-state index contributed by atoms with van der Waals surface area (Å²) in [4.78, 5) is 14.9. The van der Waals surface area contributed by atoms with Gasteiger partial charge in [0, 0.05) is 5.92 Å². The molecule has 1 aliphatic heterocycles. The molecule has 21 heavy (non-hydrogen) atoms. The van der Waals surface area contributed by atoms with Crippen LogP contribution in [0.4, 0.5) is 5.69 Å². The zero-order valence-electron chi connectivity index (χ0n) is 12.5. The van der Waals surface area contributed by atoms with Crippen LogP contribution < -0.4 is 5.32 Å². The van der Waals surface area contributed by atoms with Crippen molar-refractivity contribution in [3.63, 3.8) is 0 Å². The summed E-state index contributed by atoms with van der Waals surface area (Å²) in [5.74, 6) is 0.536. The van der Waals surface area contributed by atoms with Crippen LogP contribution in [0.5, 0.6) is 0 Å². The molecule has 0 saturated carbocycles. The smallest absolute Gasteiger partial charge is 0.227 e. The molecule has 5 heteroatoms. The Bertz CT molecular complexity index is 499. The minimum absolute atomic E-state index is 0.0359. The summed E-state index contributed by atoms with van der Waals surface area (Å²) in [7, 11) is 2.13. The Morgan fingerprint density at radius 2 is 2.05 bits per heavy atom. The molecule has 2 rings (SSSR count). The number of nitrogens with one attached hydrogen (secondary N) is 1. The zero-order chi connectivity index (χ0) is 15.4. The van der Waals surface area contributed by atoms with Gasteiger partial charge in [-0.05, 0) is 57.5 Å². The van der Waals surface area contributed by atoms with Gasteiger partial charge in [-0.25, -0.2) is 0 Å². The van der Waals surface area contributed by atoms with Crippen molar-refractivity contribution in [2.75, 3.05) is 25.5 Å². The molecule has 0 aromatic heterocycles.